The van der Waals surface area contributed by atoms with Gasteiger partial charge in [-0.05, 0) is 12.1 Å². The summed E-state index contributed by atoms with van der Waals surface area (Å²) >= 11 is 0. The first-order valence-corrected chi connectivity index (χ1v) is 3.21. The topological polar surface area (TPSA) is 40.2 Å². The third-order valence-corrected chi connectivity index (χ3v) is 1.42. The van der Waals surface area contributed by atoms with E-state index in [1.54, 1.807) is 24.3 Å². The molecule has 0 saturated carbocycles. The Kier molecular flexibility index (Phi) is 2.11. The molecule has 0 heterocycles. The zero-order valence-corrected chi connectivity index (χ0v) is 6.15. The lowest BCUT2D eigenvalue weighted by molar-refractivity contribution is 0.178. The molecular formula is C8H8NO2. The summed E-state index contributed by atoms with van der Waals surface area (Å²) in [5.74, 6) is 0. The van der Waals surface area contributed by atoms with E-state index in [0.29, 0.717) is 5.69 Å². The molecule has 57 valence electrons. The van der Waals surface area contributed by atoms with Crippen LogP contribution in [0.4, 0.5) is 10.5 Å². The predicted molar refractivity (Wildman–Crippen MR) is 40.9 cm³/mol. The number of anilines is 1. The Morgan fingerprint density at radius 3 is 2.27 bits per heavy atom. The first-order valence-electron chi connectivity index (χ1n) is 3.21. The lowest BCUT2D eigenvalue weighted by Gasteiger charge is -2.09. The average Bonchev–Trinajstić information content (AvgIpc) is 2.05. The number of nitrogens with zero attached hydrogens (tertiary/aromatic N) is 1. The number of carbonyl (C=O) groups is 1. The van der Waals surface area contributed by atoms with Crippen LogP contribution >= 0.6 is 0 Å². The molecule has 0 spiro atoms. The first-order chi connectivity index (χ1) is 5.22. The fraction of sp³-hybridized carbons (Fsp3) is 0.125. The van der Waals surface area contributed by atoms with Gasteiger partial charge in [0.2, 0.25) is 0 Å². The van der Waals surface area contributed by atoms with Gasteiger partial charge < -0.3 is 0 Å². The normalized spacial score (nSPS) is 9.18. The van der Waals surface area contributed by atoms with Gasteiger partial charge in [-0.2, -0.15) is 0 Å². The first kappa shape index (κ1) is 7.60. The van der Waals surface area contributed by atoms with Crippen LogP contribution in [0, 0.1) is 0 Å². The van der Waals surface area contributed by atoms with Gasteiger partial charge >= 0.3 is 6.09 Å². The van der Waals surface area contributed by atoms with Gasteiger partial charge in [-0.15, -0.1) is 0 Å². The standard InChI is InChI=1S/C8H8NO2/c1-9(8(10)11)7-5-3-2-4-6-7/h2-6H,1H3. The molecule has 1 aromatic carbocycles. The highest BCUT2D eigenvalue weighted by Gasteiger charge is 2.08. The summed E-state index contributed by atoms with van der Waals surface area (Å²) in [5.41, 5.74) is 0.618. The molecule has 0 atom stereocenters. The molecular weight excluding hydrogens is 142 g/mol. The summed E-state index contributed by atoms with van der Waals surface area (Å²) < 4.78 is 0. The van der Waals surface area contributed by atoms with Crippen LogP contribution in [-0.2, 0) is 5.11 Å². The zero-order chi connectivity index (χ0) is 8.27. The molecule has 3 heteroatoms. The van der Waals surface area contributed by atoms with E-state index in [4.69, 9.17) is 0 Å². The minimum Gasteiger partial charge on any atom is -0.278 e. The van der Waals surface area contributed by atoms with Gasteiger partial charge in [0.1, 0.15) is 0 Å². The Bertz CT molecular complexity index is 246. The van der Waals surface area contributed by atoms with Crippen molar-refractivity contribution >= 4 is 11.8 Å². The summed E-state index contributed by atoms with van der Waals surface area (Å²) in [6.45, 7) is 0. The van der Waals surface area contributed by atoms with Crippen molar-refractivity contribution in [3.05, 3.63) is 30.3 Å². The monoisotopic (exact) mass is 150 g/mol. The molecule has 0 aliphatic heterocycles. The Morgan fingerprint density at radius 2 is 1.82 bits per heavy atom. The summed E-state index contributed by atoms with van der Waals surface area (Å²) in [6, 6.07) is 8.78. The Labute approximate surface area is 64.9 Å². The lowest BCUT2D eigenvalue weighted by atomic mass is 10.3. The Morgan fingerprint density at radius 1 is 1.27 bits per heavy atom. The second-order valence-electron chi connectivity index (χ2n) is 2.16. The van der Waals surface area contributed by atoms with Gasteiger partial charge in [-0.25, -0.2) is 9.90 Å². The number of para-hydroxylation sites is 1. The number of hydrogen-bond acceptors (Lipinski definition) is 1. The SMILES string of the molecule is CN(C([O])=O)c1ccccc1. The second-order valence-corrected chi connectivity index (χ2v) is 2.16. The summed E-state index contributed by atoms with van der Waals surface area (Å²) in [4.78, 5) is 11.4. The minimum atomic E-state index is -1.20. The molecule has 1 amide bonds. The number of rotatable bonds is 1. The molecule has 0 fully saturated rings. The molecule has 3 nitrogen and oxygen atoms in total. The van der Waals surface area contributed by atoms with Crippen molar-refractivity contribution < 1.29 is 9.90 Å². The van der Waals surface area contributed by atoms with Gasteiger partial charge in [-0.1, -0.05) is 18.2 Å². The van der Waals surface area contributed by atoms with Crippen molar-refractivity contribution in [1.29, 1.82) is 0 Å². The fourth-order valence-electron chi connectivity index (χ4n) is 0.757. The smallest absolute Gasteiger partial charge is 0.278 e. The lowest BCUT2D eigenvalue weighted by Crippen LogP contribution is -2.22. The van der Waals surface area contributed by atoms with Crippen LogP contribution in [0.5, 0.6) is 0 Å². The van der Waals surface area contributed by atoms with Crippen LogP contribution in [0.15, 0.2) is 30.3 Å². The molecule has 0 saturated heterocycles. The largest absolute Gasteiger partial charge is 0.457 e. The van der Waals surface area contributed by atoms with Crippen molar-refractivity contribution in [2.24, 2.45) is 0 Å². The van der Waals surface area contributed by atoms with E-state index in [-0.39, 0.29) is 0 Å². The maximum atomic E-state index is 10.3. The van der Waals surface area contributed by atoms with E-state index in [2.05, 4.69) is 0 Å². The van der Waals surface area contributed by atoms with Crippen LogP contribution in [0.3, 0.4) is 0 Å². The Balaban J connectivity index is 2.85. The van der Waals surface area contributed by atoms with Gasteiger partial charge in [0.25, 0.3) is 0 Å². The van der Waals surface area contributed by atoms with Gasteiger partial charge in [0, 0.05) is 12.7 Å². The molecule has 0 bridgehead atoms. The van der Waals surface area contributed by atoms with Crippen molar-refractivity contribution in [2.45, 2.75) is 0 Å². The summed E-state index contributed by atoms with van der Waals surface area (Å²) in [7, 11) is 1.45. The quantitative estimate of drug-likeness (QED) is 0.600. The van der Waals surface area contributed by atoms with Gasteiger partial charge in [0.05, 0.1) is 0 Å². The number of carbonyl (C=O) groups excluding carboxylic acids is 1. The van der Waals surface area contributed by atoms with E-state index in [1.165, 1.54) is 7.05 Å². The molecule has 1 rings (SSSR count). The van der Waals surface area contributed by atoms with Gasteiger partial charge in [0.15, 0.2) is 0 Å². The minimum absolute atomic E-state index is 0.618. The highest BCUT2D eigenvalue weighted by Crippen LogP contribution is 2.10. The van der Waals surface area contributed by atoms with Crippen molar-refractivity contribution in [2.75, 3.05) is 11.9 Å². The highest BCUT2D eigenvalue weighted by molar-refractivity contribution is 5.84. The predicted octanol–water partition coefficient (Wildman–Crippen LogP) is 1.67. The van der Waals surface area contributed by atoms with Gasteiger partial charge in [-0.3, -0.25) is 4.90 Å². The number of hydrogen-bond donors (Lipinski definition) is 0. The molecule has 1 aromatic rings. The summed E-state index contributed by atoms with van der Waals surface area (Å²) in [6.07, 6.45) is -1.20. The van der Waals surface area contributed by atoms with E-state index in [1.807, 2.05) is 6.07 Å². The zero-order valence-electron chi connectivity index (χ0n) is 6.15. The third kappa shape index (κ3) is 1.70. The maximum Gasteiger partial charge on any atom is 0.457 e. The van der Waals surface area contributed by atoms with Crippen LogP contribution in [0.1, 0.15) is 0 Å². The highest BCUT2D eigenvalue weighted by atomic mass is 16.4. The van der Waals surface area contributed by atoms with E-state index >= 15 is 0 Å². The average molecular weight is 150 g/mol. The molecule has 0 aliphatic carbocycles. The van der Waals surface area contributed by atoms with Crippen molar-refractivity contribution in [3.63, 3.8) is 0 Å². The molecule has 0 N–H and O–H groups in total. The van der Waals surface area contributed by atoms with Crippen molar-refractivity contribution in [3.8, 4) is 0 Å². The molecule has 0 aliphatic rings. The van der Waals surface area contributed by atoms with Crippen molar-refractivity contribution in [1.82, 2.24) is 0 Å². The fourth-order valence-corrected chi connectivity index (χ4v) is 0.757. The molecule has 0 unspecified atom stereocenters. The van der Waals surface area contributed by atoms with Crippen LogP contribution < -0.4 is 4.90 Å². The molecule has 11 heavy (non-hydrogen) atoms. The maximum absolute atomic E-state index is 10.3. The molecule has 1 radical (unpaired) electrons. The second kappa shape index (κ2) is 3.05. The number of amides is 1. The van der Waals surface area contributed by atoms with Crippen LogP contribution in [0.2, 0.25) is 0 Å². The number of benzene rings is 1. The summed E-state index contributed by atoms with van der Waals surface area (Å²) in [5, 5.41) is 10.3. The third-order valence-electron chi connectivity index (χ3n) is 1.42. The van der Waals surface area contributed by atoms with E-state index < -0.39 is 6.09 Å². The van der Waals surface area contributed by atoms with E-state index in [0.717, 1.165) is 4.90 Å². The van der Waals surface area contributed by atoms with Crippen LogP contribution in [0.25, 0.3) is 0 Å². The van der Waals surface area contributed by atoms with Crippen LogP contribution in [-0.4, -0.2) is 13.1 Å². The van der Waals surface area contributed by atoms with E-state index in [9.17, 15) is 9.90 Å². The Hall–Kier alpha value is -1.51. The molecule has 0 aromatic heterocycles.